The van der Waals surface area contributed by atoms with Crippen molar-refractivity contribution in [3.63, 3.8) is 0 Å². The summed E-state index contributed by atoms with van der Waals surface area (Å²) in [7, 11) is 1.95. The van der Waals surface area contributed by atoms with Crippen LogP contribution < -0.4 is 5.32 Å². The number of nitrogens with one attached hydrogen (secondary N) is 1. The van der Waals surface area contributed by atoms with Crippen LogP contribution in [0.2, 0.25) is 0 Å². The fourth-order valence-electron chi connectivity index (χ4n) is 2.23. The minimum atomic E-state index is 0.277. The van der Waals surface area contributed by atoms with Gasteiger partial charge in [0.25, 0.3) is 0 Å². The lowest BCUT2D eigenvalue weighted by Crippen LogP contribution is -2.24. The summed E-state index contributed by atoms with van der Waals surface area (Å²) in [6.07, 6.45) is 8.09. The molecule has 2 aromatic heterocycles. The first kappa shape index (κ1) is 14.8. The Morgan fingerprint density at radius 3 is 2.70 bits per heavy atom. The Hall–Kier alpha value is -1.62. The molecule has 0 saturated carbocycles. The molecule has 0 amide bonds. The minimum absolute atomic E-state index is 0.277. The third kappa shape index (κ3) is 3.70. The maximum atomic E-state index is 4.64. The van der Waals surface area contributed by atoms with E-state index < -0.39 is 0 Å². The lowest BCUT2D eigenvalue weighted by Gasteiger charge is -2.16. The van der Waals surface area contributed by atoms with E-state index in [1.165, 1.54) is 5.56 Å². The summed E-state index contributed by atoms with van der Waals surface area (Å²) in [6.45, 7) is 7.47. The van der Waals surface area contributed by atoms with Crippen molar-refractivity contribution in [2.75, 3.05) is 6.54 Å². The Morgan fingerprint density at radius 1 is 1.35 bits per heavy atom. The molecular weight excluding hydrogens is 250 g/mol. The summed E-state index contributed by atoms with van der Waals surface area (Å²) < 4.78 is 3.86. The molecule has 1 unspecified atom stereocenters. The summed E-state index contributed by atoms with van der Waals surface area (Å²) in [5.74, 6) is 0. The number of hydrogen-bond acceptors (Lipinski definition) is 3. The maximum absolute atomic E-state index is 4.64. The second-order valence-corrected chi connectivity index (χ2v) is 5.54. The van der Waals surface area contributed by atoms with Crippen LogP contribution in [0.1, 0.15) is 50.5 Å². The smallest absolute Gasteiger partial charge is 0.0643 e. The largest absolute Gasteiger partial charge is 0.310 e. The minimum Gasteiger partial charge on any atom is -0.310 e. The van der Waals surface area contributed by atoms with Crippen molar-refractivity contribution in [3.05, 3.63) is 35.9 Å². The number of aromatic nitrogens is 4. The fourth-order valence-corrected chi connectivity index (χ4v) is 2.23. The van der Waals surface area contributed by atoms with Crippen LogP contribution in [-0.2, 0) is 13.5 Å². The number of nitrogens with zero attached hydrogens (tertiary/aromatic N) is 4. The highest BCUT2D eigenvalue weighted by Gasteiger charge is 2.15. The van der Waals surface area contributed by atoms with Gasteiger partial charge in [-0.3, -0.25) is 9.36 Å². The van der Waals surface area contributed by atoms with E-state index in [2.05, 4.69) is 54.7 Å². The second kappa shape index (κ2) is 6.70. The van der Waals surface area contributed by atoms with Crippen molar-refractivity contribution in [3.8, 4) is 0 Å². The van der Waals surface area contributed by atoms with E-state index >= 15 is 0 Å². The number of aryl methyl sites for hydroxylation is 1. The Kier molecular flexibility index (Phi) is 4.95. The summed E-state index contributed by atoms with van der Waals surface area (Å²) in [4.78, 5) is 0. The quantitative estimate of drug-likeness (QED) is 0.844. The molecule has 0 spiro atoms. The lowest BCUT2D eigenvalue weighted by molar-refractivity contribution is 0.499. The summed E-state index contributed by atoms with van der Waals surface area (Å²) in [6, 6.07) is 2.79. The van der Waals surface area contributed by atoms with Crippen LogP contribution in [0.25, 0.3) is 0 Å². The molecular formula is C15H25N5. The van der Waals surface area contributed by atoms with E-state index in [0.717, 1.165) is 25.1 Å². The van der Waals surface area contributed by atoms with Gasteiger partial charge < -0.3 is 5.32 Å². The van der Waals surface area contributed by atoms with Crippen LogP contribution in [-0.4, -0.2) is 26.1 Å². The van der Waals surface area contributed by atoms with Gasteiger partial charge in [0, 0.05) is 43.5 Å². The molecule has 20 heavy (non-hydrogen) atoms. The molecule has 1 atom stereocenters. The van der Waals surface area contributed by atoms with Gasteiger partial charge in [-0.25, -0.2) is 0 Å². The van der Waals surface area contributed by atoms with Gasteiger partial charge in [-0.1, -0.05) is 6.92 Å². The predicted molar refractivity (Wildman–Crippen MR) is 80.6 cm³/mol. The first-order valence-electron chi connectivity index (χ1n) is 7.36. The van der Waals surface area contributed by atoms with Gasteiger partial charge in [0.15, 0.2) is 0 Å². The third-order valence-corrected chi connectivity index (χ3v) is 3.37. The Bertz CT molecular complexity index is 526. The van der Waals surface area contributed by atoms with Crippen LogP contribution in [0, 0.1) is 0 Å². The molecule has 1 N–H and O–H groups in total. The van der Waals surface area contributed by atoms with Crippen molar-refractivity contribution < 1.29 is 0 Å². The van der Waals surface area contributed by atoms with E-state index in [1.807, 2.05) is 22.6 Å². The molecule has 2 aromatic rings. The van der Waals surface area contributed by atoms with Gasteiger partial charge in [0.05, 0.1) is 11.9 Å². The normalized spacial score (nSPS) is 13.1. The van der Waals surface area contributed by atoms with E-state index in [0.29, 0.717) is 6.04 Å². The van der Waals surface area contributed by atoms with Crippen LogP contribution in [0.15, 0.2) is 24.7 Å². The van der Waals surface area contributed by atoms with E-state index in [4.69, 9.17) is 0 Å². The topological polar surface area (TPSA) is 47.7 Å². The fraction of sp³-hybridized carbons (Fsp3) is 0.600. The van der Waals surface area contributed by atoms with Gasteiger partial charge in [-0.15, -0.1) is 0 Å². The van der Waals surface area contributed by atoms with Crippen molar-refractivity contribution in [2.24, 2.45) is 7.05 Å². The average Bonchev–Trinajstić information content (AvgIpc) is 3.03. The van der Waals surface area contributed by atoms with Crippen molar-refractivity contribution in [1.29, 1.82) is 0 Å². The molecule has 0 saturated heterocycles. The SMILES string of the molecule is CCCNC(Cc1ccn(C(C)C)n1)c1cnn(C)c1. The maximum Gasteiger partial charge on any atom is 0.0643 e. The summed E-state index contributed by atoms with van der Waals surface area (Å²) >= 11 is 0. The highest BCUT2D eigenvalue weighted by molar-refractivity contribution is 5.14. The molecule has 0 bridgehead atoms. The third-order valence-electron chi connectivity index (χ3n) is 3.37. The Balaban J connectivity index is 2.10. The van der Waals surface area contributed by atoms with E-state index in [9.17, 15) is 0 Å². The van der Waals surface area contributed by atoms with Gasteiger partial charge >= 0.3 is 0 Å². The van der Waals surface area contributed by atoms with Gasteiger partial charge in [0.1, 0.15) is 0 Å². The number of hydrogen-bond donors (Lipinski definition) is 1. The van der Waals surface area contributed by atoms with E-state index in [-0.39, 0.29) is 6.04 Å². The molecule has 0 aromatic carbocycles. The van der Waals surface area contributed by atoms with Crippen molar-refractivity contribution >= 4 is 0 Å². The van der Waals surface area contributed by atoms with Crippen molar-refractivity contribution in [2.45, 2.75) is 45.7 Å². The van der Waals surface area contributed by atoms with Gasteiger partial charge in [0.2, 0.25) is 0 Å². The molecule has 5 nitrogen and oxygen atoms in total. The van der Waals surface area contributed by atoms with Crippen LogP contribution >= 0.6 is 0 Å². The summed E-state index contributed by atoms with van der Waals surface area (Å²) in [5, 5.41) is 12.5. The molecule has 0 radical (unpaired) electrons. The summed E-state index contributed by atoms with van der Waals surface area (Å²) in [5.41, 5.74) is 2.34. The number of rotatable bonds is 7. The van der Waals surface area contributed by atoms with Gasteiger partial charge in [-0.2, -0.15) is 10.2 Å². The van der Waals surface area contributed by atoms with E-state index in [1.54, 1.807) is 0 Å². The highest BCUT2D eigenvalue weighted by Crippen LogP contribution is 2.17. The molecule has 2 heterocycles. The molecule has 0 aliphatic rings. The lowest BCUT2D eigenvalue weighted by atomic mass is 10.1. The van der Waals surface area contributed by atoms with Crippen molar-refractivity contribution in [1.82, 2.24) is 24.9 Å². The molecule has 0 aliphatic carbocycles. The molecule has 0 aliphatic heterocycles. The molecule has 110 valence electrons. The second-order valence-electron chi connectivity index (χ2n) is 5.54. The van der Waals surface area contributed by atoms with Crippen LogP contribution in [0.3, 0.4) is 0 Å². The average molecular weight is 275 g/mol. The standard InChI is InChI=1S/C15H25N5/c1-5-7-16-15(13-10-17-19(4)11-13)9-14-6-8-20(18-14)12(2)3/h6,8,10-12,15-16H,5,7,9H2,1-4H3. The molecule has 2 rings (SSSR count). The Labute approximate surface area is 121 Å². The van der Waals surface area contributed by atoms with Gasteiger partial charge in [-0.05, 0) is 32.9 Å². The zero-order valence-corrected chi connectivity index (χ0v) is 12.9. The first-order valence-corrected chi connectivity index (χ1v) is 7.36. The first-order chi connectivity index (χ1) is 9.60. The Morgan fingerprint density at radius 2 is 2.15 bits per heavy atom. The van der Waals surface area contributed by atoms with Crippen LogP contribution in [0.4, 0.5) is 0 Å². The monoisotopic (exact) mass is 275 g/mol. The molecule has 5 heteroatoms. The highest BCUT2D eigenvalue weighted by atomic mass is 15.3. The predicted octanol–water partition coefficient (Wildman–Crippen LogP) is 2.48. The molecule has 0 fully saturated rings. The van der Waals surface area contributed by atoms with Crippen LogP contribution in [0.5, 0.6) is 0 Å². The zero-order chi connectivity index (χ0) is 14.5. The zero-order valence-electron chi connectivity index (χ0n) is 12.9.